The van der Waals surface area contributed by atoms with Crippen molar-refractivity contribution in [3.05, 3.63) is 96.9 Å². The Morgan fingerprint density at radius 3 is 2.59 bits per heavy atom. The fraction of sp³-hybridized carbons (Fsp3) is 0.192. The van der Waals surface area contributed by atoms with Crippen LogP contribution in [-0.2, 0) is 13.0 Å². The molecule has 6 nitrogen and oxygen atoms in total. The van der Waals surface area contributed by atoms with Crippen molar-refractivity contribution in [1.29, 1.82) is 0 Å². The Hall–Kier alpha value is -2.97. The van der Waals surface area contributed by atoms with Crippen LogP contribution in [0.4, 0.5) is 0 Å². The molecule has 3 aromatic carbocycles. The molecule has 0 saturated carbocycles. The van der Waals surface area contributed by atoms with Crippen molar-refractivity contribution >= 4 is 49.0 Å². The quantitative estimate of drug-likeness (QED) is 0.227. The molecule has 0 aliphatic rings. The minimum absolute atomic E-state index is 0.211. The molecule has 1 aromatic heterocycles. The van der Waals surface area contributed by atoms with Crippen molar-refractivity contribution in [3.63, 3.8) is 0 Å². The monoisotopic (exact) mass is 583 g/mol. The maximum absolute atomic E-state index is 13.2. The van der Waals surface area contributed by atoms with Crippen molar-refractivity contribution in [1.82, 2.24) is 9.66 Å². The Kier molecular flexibility index (Phi) is 7.80. The highest BCUT2D eigenvalue weighted by Crippen LogP contribution is 2.33. The van der Waals surface area contributed by atoms with Gasteiger partial charge in [0.1, 0.15) is 12.4 Å². The van der Waals surface area contributed by atoms with Gasteiger partial charge < -0.3 is 9.47 Å². The highest BCUT2D eigenvalue weighted by atomic mass is 79.9. The predicted molar refractivity (Wildman–Crippen MR) is 142 cm³/mol. The summed E-state index contributed by atoms with van der Waals surface area (Å²) >= 11 is 7.02. The number of hydrogen-bond acceptors (Lipinski definition) is 5. The van der Waals surface area contributed by atoms with Gasteiger partial charge in [-0.05, 0) is 58.2 Å². The lowest BCUT2D eigenvalue weighted by Gasteiger charge is -2.13. The Balaban J connectivity index is 1.68. The number of hydrogen-bond donors (Lipinski definition) is 0. The van der Waals surface area contributed by atoms with E-state index in [0.29, 0.717) is 41.3 Å². The molecule has 8 heteroatoms. The minimum atomic E-state index is -0.211. The van der Waals surface area contributed by atoms with Crippen LogP contribution in [0.2, 0.25) is 0 Å². The number of rotatable bonds is 8. The van der Waals surface area contributed by atoms with Crippen LogP contribution in [0.5, 0.6) is 11.5 Å². The number of benzene rings is 3. The predicted octanol–water partition coefficient (Wildman–Crippen LogP) is 6.34. The molecular formula is C26H23Br2N3O3. The molecule has 1 heterocycles. The van der Waals surface area contributed by atoms with E-state index >= 15 is 0 Å². The van der Waals surface area contributed by atoms with Crippen molar-refractivity contribution in [2.75, 3.05) is 7.11 Å². The van der Waals surface area contributed by atoms with Crippen LogP contribution < -0.4 is 15.0 Å². The fourth-order valence-corrected chi connectivity index (χ4v) is 4.26. The third-order valence-electron chi connectivity index (χ3n) is 5.18. The first-order valence-electron chi connectivity index (χ1n) is 10.8. The fourth-order valence-electron chi connectivity index (χ4n) is 3.48. The van der Waals surface area contributed by atoms with Gasteiger partial charge in [0, 0.05) is 20.9 Å². The van der Waals surface area contributed by atoms with Gasteiger partial charge in [0.05, 0.1) is 24.2 Å². The molecule has 0 aliphatic carbocycles. The molecule has 0 saturated heterocycles. The van der Waals surface area contributed by atoms with E-state index in [1.54, 1.807) is 19.4 Å². The topological polar surface area (TPSA) is 65.7 Å². The van der Waals surface area contributed by atoms with Gasteiger partial charge in [-0.25, -0.2) is 4.98 Å². The van der Waals surface area contributed by atoms with Gasteiger partial charge in [-0.15, -0.1) is 0 Å². The summed E-state index contributed by atoms with van der Waals surface area (Å²) in [5.41, 5.74) is 2.25. The lowest BCUT2D eigenvalue weighted by atomic mass is 10.2. The normalized spacial score (nSPS) is 11.3. The Labute approximate surface area is 214 Å². The van der Waals surface area contributed by atoms with E-state index in [9.17, 15) is 4.79 Å². The molecule has 4 rings (SSSR count). The molecule has 0 fully saturated rings. The van der Waals surface area contributed by atoms with Gasteiger partial charge in [0.15, 0.2) is 11.5 Å². The zero-order valence-corrected chi connectivity index (χ0v) is 22.0. The van der Waals surface area contributed by atoms with Gasteiger partial charge >= 0.3 is 0 Å². The van der Waals surface area contributed by atoms with Gasteiger partial charge in [0.2, 0.25) is 0 Å². The number of methoxy groups -OCH3 is 1. The smallest absolute Gasteiger partial charge is 0.282 e. The number of aryl methyl sites for hydroxylation is 1. The van der Waals surface area contributed by atoms with Gasteiger partial charge in [-0.2, -0.15) is 9.78 Å². The summed E-state index contributed by atoms with van der Waals surface area (Å²) < 4.78 is 14.5. The van der Waals surface area contributed by atoms with Crippen molar-refractivity contribution in [2.24, 2.45) is 5.10 Å². The zero-order chi connectivity index (χ0) is 24.1. The second kappa shape index (κ2) is 11.0. The van der Waals surface area contributed by atoms with E-state index in [-0.39, 0.29) is 5.56 Å². The molecule has 0 aliphatic heterocycles. The van der Waals surface area contributed by atoms with Gasteiger partial charge in [-0.3, -0.25) is 4.79 Å². The SMILES string of the molecule is CCCc1nc2ccc(Br)cc2c(=O)n1N=Cc1cc(OC)c(OCc2ccccc2)cc1Br. The molecule has 0 bridgehead atoms. The lowest BCUT2D eigenvalue weighted by Crippen LogP contribution is -2.22. The van der Waals surface area contributed by atoms with Gasteiger partial charge in [0.25, 0.3) is 5.56 Å². The maximum atomic E-state index is 13.2. The first-order valence-corrected chi connectivity index (χ1v) is 12.4. The van der Waals surface area contributed by atoms with Crippen LogP contribution in [0, 0.1) is 0 Å². The summed E-state index contributed by atoms with van der Waals surface area (Å²) in [6.45, 7) is 2.47. The van der Waals surface area contributed by atoms with Gasteiger partial charge in [-0.1, -0.05) is 53.2 Å². The van der Waals surface area contributed by atoms with E-state index in [2.05, 4.69) is 41.9 Å². The summed E-state index contributed by atoms with van der Waals surface area (Å²) in [7, 11) is 1.59. The molecule has 0 unspecified atom stereocenters. The summed E-state index contributed by atoms with van der Waals surface area (Å²) in [4.78, 5) is 17.9. The average molecular weight is 585 g/mol. The number of aromatic nitrogens is 2. The highest BCUT2D eigenvalue weighted by Gasteiger charge is 2.13. The lowest BCUT2D eigenvalue weighted by molar-refractivity contribution is 0.284. The van der Waals surface area contributed by atoms with E-state index in [0.717, 1.165) is 26.5 Å². The molecule has 0 radical (unpaired) electrons. The molecule has 0 atom stereocenters. The molecule has 0 N–H and O–H groups in total. The second-order valence-electron chi connectivity index (χ2n) is 7.60. The minimum Gasteiger partial charge on any atom is -0.493 e. The van der Waals surface area contributed by atoms with Crippen LogP contribution in [0.1, 0.15) is 30.3 Å². The maximum Gasteiger partial charge on any atom is 0.282 e. The average Bonchev–Trinajstić information content (AvgIpc) is 2.84. The number of fused-ring (bicyclic) bond motifs is 1. The molecule has 4 aromatic rings. The summed E-state index contributed by atoms with van der Waals surface area (Å²) in [6, 6.07) is 19.1. The number of ether oxygens (including phenoxy) is 2. The third kappa shape index (κ3) is 5.39. The first kappa shape index (κ1) is 24.2. The van der Waals surface area contributed by atoms with Crippen LogP contribution in [-0.4, -0.2) is 23.0 Å². The van der Waals surface area contributed by atoms with E-state index in [1.165, 1.54) is 4.68 Å². The molecular weight excluding hydrogens is 562 g/mol. The van der Waals surface area contributed by atoms with Crippen LogP contribution in [0.25, 0.3) is 10.9 Å². The summed E-state index contributed by atoms with van der Waals surface area (Å²) in [5.74, 6) is 1.79. The summed E-state index contributed by atoms with van der Waals surface area (Å²) in [6.07, 6.45) is 3.10. The number of halogens is 2. The first-order chi connectivity index (χ1) is 16.5. The molecule has 0 amide bonds. The Bertz CT molecular complexity index is 1400. The van der Waals surface area contributed by atoms with E-state index in [1.807, 2.05) is 61.5 Å². The summed E-state index contributed by atoms with van der Waals surface area (Å²) in [5, 5.41) is 5.02. The highest BCUT2D eigenvalue weighted by molar-refractivity contribution is 9.10. The van der Waals surface area contributed by atoms with Crippen LogP contribution in [0.15, 0.2) is 79.5 Å². The second-order valence-corrected chi connectivity index (χ2v) is 9.37. The third-order valence-corrected chi connectivity index (χ3v) is 6.36. The van der Waals surface area contributed by atoms with Crippen molar-refractivity contribution in [3.8, 4) is 11.5 Å². The standard InChI is InChI=1S/C26H23Br2N3O3/c1-3-7-25-30-22-11-10-19(27)13-20(22)26(32)31(25)29-15-18-12-23(33-2)24(14-21(18)28)34-16-17-8-5-4-6-9-17/h4-6,8-15H,3,7,16H2,1-2H3. The molecule has 34 heavy (non-hydrogen) atoms. The largest absolute Gasteiger partial charge is 0.493 e. The number of nitrogens with zero attached hydrogens (tertiary/aromatic N) is 3. The molecule has 174 valence electrons. The van der Waals surface area contributed by atoms with Crippen molar-refractivity contribution < 1.29 is 9.47 Å². The van der Waals surface area contributed by atoms with Crippen LogP contribution >= 0.6 is 31.9 Å². The van der Waals surface area contributed by atoms with E-state index in [4.69, 9.17) is 9.47 Å². The van der Waals surface area contributed by atoms with Crippen molar-refractivity contribution in [2.45, 2.75) is 26.4 Å². The van der Waals surface area contributed by atoms with E-state index < -0.39 is 0 Å². The molecule has 0 spiro atoms. The Morgan fingerprint density at radius 1 is 1.06 bits per heavy atom. The van der Waals surface area contributed by atoms with Crippen LogP contribution in [0.3, 0.4) is 0 Å². The zero-order valence-electron chi connectivity index (χ0n) is 18.8. The Morgan fingerprint density at radius 2 is 1.85 bits per heavy atom.